The van der Waals surface area contributed by atoms with E-state index in [0.29, 0.717) is 18.2 Å². The summed E-state index contributed by atoms with van der Waals surface area (Å²) in [6.45, 7) is 4.47. The van der Waals surface area contributed by atoms with Gasteiger partial charge in [-0.05, 0) is 20.3 Å². The highest BCUT2D eigenvalue weighted by Gasteiger charge is 2.24. The fourth-order valence-electron chi connectivity index (χ4n) is 1.73. The van der Waals surface area contributed by atoms with Crippen LogP contribution < -0.4 is 21.1 Å². The van der Waals surface area contributed by atoms with E-state index < -0.39 is 0 Å². The molecule has 18 heavy (non-hydrogen) atoms. The molecule has 1 unspecified atom stereocenters. The fraction of sp³-hybridized carbons (Fsp3) is 0.545. The molecule has 1 aromatic rings. The first-order valence-corrected chi connectivity index (χ1v) is 5.90. The molecule has 1 amide bonds. The van der Waals surface area contributed by atoms with Crippen molar-refractivity contribution in [3.63, 3.8) is 0 Å². The second kappa shape index (κ2) is 5.07. The molecule has 0 aliphatic carbocycles. The van der Waals surface area contributed by atoms with Gasteiger partial charge in [0.25, 0.3) is 0 Å². The molecule has 0 saturated carbocycles. The van der Waals surface area contributed by atoms with Gasteiger partial charge in [-0.15, -0.1) is 0 Å². The Kier molecular flexibility index (Phi) is 3.50. The van der Waals surface area contributed by atoms with Crippen LogP contribution in [0.5, 0.6) is 5.88 Å². The van der Waals surface area contributed by atoms with Crippen molar-refractivity contribution in [3.05, 3.63) is 6.07 Å². The molecule has 98 valence electrons. The van der Waals surface area contributed by atoms with Crippen LogP contribution in [-0.2, 0) is 4.79 Å². The van der Waals surface area contributed by atoms with Gasteiger partial charge in [-0.3, -0.25) is 4.79 Å². The summed E-state index contributed by atoms with van der Waals surface area (Å²) in [5.41, 5.74) is 5.60. The van der Waals surface area contributed by atoms with Gasteiger partial charge in [-0.1, -0.05) is 0 Å². The van der Waals surface area contributed by atoms with Crippen molar-refractivity contribution in [2.24, 2.45) is 0 Å². The van der Waals surface area contributed by atoms with Crippen molar-refractivity contribution in [2.45, 2.75) is 32.4 Å². The van der Waals surface area contributed by atoms with Gasteiger partial charge in [0, 0.05) is 12.6 Å². The number of hydrogen-bond donors (Lipinski definition) is 3. The van der Waals surface area contributed by atoms with E-state index >= 15 is 0 Å². The van der Waals surface area contributed by atoms with Crippen molar-refractivity contribution < 1.29 is 9.53 Å². The average molecular weight is 251 g/mol. The summed E-state index contributed by atoms with van der Waals surface area (Å²) in [4.78, 5) is 19.5. The highest BCUT2D eigenvalue weighted by molar-refractivity contribution is 5.86. The standard InChI is InChI=1S/C11H17N5O2/c1-6(2)18-9-5-8(15-11(12)16-9)14-7-3-4-13-10(7)17/h5-7H,3-4H2,1-2H3,(H,13,17)(H3,12,14,15,16). The quantitative estimate of drug-likeness (QED) is 0.703. The number of carbonyl (C=O) groups excluding carboxylic acids is 1. The maximum atomic E-state index is 11.4. The van der Waals surface area contributed by atoms with E-state index in [1.54, 1.807) is 6.07 Å². The number of amides is 1. The van der Waals surface area contributed by atoms with Gasteiger partial charge in [0.1, 0.15) is 11.9 Å². The lowest BCUT2D eigenvalue weighted by atomic mass is 10.2. The summed E-state index contributed by atoms with van der Waals surface area (Å²) in [6.07, 6.45) is 0.727. The number of ether oxygens (including phenoxy) is 1. The summed E-state index contributed by atoms with van der Waals surface area (Å²) >= 11 is 0. The normalized spacial score (nSPS) is 18.8. The molecule has 0 aromatic carbocycles. The van der Waals surface area contributed by atoms with Gasteiger partial charge >= 0.3 is 0 Å². The molecule has 1 aromatic heterocycles. The number of aromatic nitrogens is 2. The Hall–Kier alpha value is -2.05. The van der Waals surface area contributed by atoms with Gasteiger partial charge in [0.05, 0.1) is 6.10 Å². The van der Waals surface area contributed by atoms with Gasteiger partial charge in [-0.25, -0.2) is 0 Å². The monoisotopic (exact) mass is 251 g/mol. The molecule has 0 radical (unpaired) electrons. The summed E-state index contributed by atoms with van der Waals surface area (Å²) in [7, 11) is 0. The Balaban J connectivity index is 2.12. The third-order valence-corrected chi connectivity index (χ3v) is 2.45. The Labute approximate surface area is 105 Å². The minimum absolute atomic E-state index is 0.00179. The van der Waals surface area contributed by atoms with E-state index in [1.807, 2.05) is 13.8 Å². The van der Waals surface area contributed by atoms with Crippen LogP contribution in [0.4, 0.5) is 11.8 Å². The maximum Gasteiger partial charge on any atom is 0.242 e. The minimum Gasteiger partial charge on any atom is -0.475 e. The van der Waals surface area contributed by atoms with Crippen molar-refractivity contribution in [1.82, 2.24) is 15.3 Å². The lowest BCUT2D eigenvalue weighted by Gasteiger charge is -2.13. The number of nitrogens with two attached hydrogens (primary N) is 1. The SMILES string of the molecule is CC(C)Oc1cc(NC2CCNC2=O)nc(N)n1. The van der Waals surface area contributed by atoms with E-state index in [9.17, 15) is 4.79 Å². The van der Waals surface area contributed by atoms with Gasteiger partial charge in [0.2, 0.25) is 17.7 Å². The van der Waals surface area contributed by atoms with Crippen LogP contribution in [0, 0.1) is 0 Å². The molecule has 1 fully saturated rings. The molecular formula is C11H17N5O2. The highest BCUT2D eigenvalue weighted by Crippen LogP contribution is 2.18. The number of nitrogens with one attached hydrogen (secondary N) is 2. The smallest absolute Gasteiger partial charge is 0.242 e. The molecule has 7 heteroatoms. The van der Waals surface area contributed by atoms with Gasteiger partial charge in [0.15, 0.2) is 0 Å². The summed E-state index contributed by atoms with van der Waals surface area (Å²) in [5, 5.41) is 5.77. The molecule has 2 rings (SSSR count). The third-order valence-electron chi connectivity index (χ3n) is 2.45. The first-order valence-electron chi connectivity index (χ1n) is 5.90. The summed E-state index contributed by atoms with van der Waals surface area (Å²) in [5.74, 6) is 0.992. The number of nitrogens with zero attached hydrogens (tertiary/aromatic N) is 2. The van der Waals surface area contributed by atoms with E-state index in [0.717, 1.165) is 6.42 Å². The van der Waals surface area contributed by atoms with Crippen molar-refractivity contribution in [3.8, 4) is 5.88 Å². The Morgan fingerprint density at radius 3 is 2.94 bits per heavy atom. The zero-order valence-electron chi connectivity index (χ0n) is 10.4. The minimum atomic E-state index is -0.272. The van der Waals surface area contributed by atoms with Crippen LogP contribution in [0.25, 0.3) is 0 Å². The van der Waals surface area contributed by atoms with Crippen LogP contribution in [0.1, 0.15) is 20.3 Å². The van der Waals surface area contributed by atoms with Crippen LogP contribution in [0.15, 0.2) is 6.07 Å². The molecule has 0 bridgehead atoms. The Morgan fingerprint density at radius 2 is 2.33 bits per heavy atom. The molecule has 1 aliphatic rings. The van der Waals surface area contributed by atoms with Gasteiger partial charge < -0.3 is 21.1 Å². The third kappa shape index (κ3) is 2.99. The van der Waals surface area contributed by atoms with Crippen LogP contribution >= 0.6 is 0 Å². The maximum absolute atomic E-state index is 11.4. The molecule has 7 nitrogen and oxygen atoms in total. The second-order valence-electron chi connectivity index (χ2n) is 4.39. The second-order valence-corrected chi connectivity index (χ2v) is 4.39. The molecule has 1 aliphatic heterocycles. The molecule has 2 heterocycles. The number of carbonyl (C=O) groups is 1. The average Bonchev–Trinajstić information content (AvgIpc) is 2.62. The van der Waals surface area contributed by atoms with Crippen LogP contribution in [0.2, 0.25) is 0 Å². The number of rotatable bonds is 4. The highest BCUT2D eigenvalue weighted by atomic mass is 16.5. The molecule has 4 N–H and O–H groups in total. The fourth-order valence-corrected chi connectivity index (χ4v) is 1.73. The predicted octanol–water partition coefficient (Wildman–Crippen LogP) is 0.146. The molecular weight excluding hydrogens is 234 g/mol. The van der Waals surface area contributed by atoms with E-state index in [2.05, 4.69) is 20.6 Å². The lowest BCUT2D eigenvalue weighted by molar-refractivity contribution is -0.119. The first-order chi connectivity index (χ1) is 8.54. The Bertz CT molecular complexity index is 449. The largest absolute Gasteiger partial charge is 0.475 e. The zero-order chi connectivity index (χ0) is 13.1. The van der Waals surface area contributed by atoms with E-state index in [4.69, 9.17) is 10.5 Å². The molecule has 0 spiro atoms. The molecule has 1 atom stereocenters. The topological polar surface area (TPSA) is 102 Å². The number of hydrogen-bond acceptors (Lipinski definition) is 6. The van der Waals surface area contributed by atoms with Crippen LogP contribution in [0.3, 0.4) is 0 Å². The van der Waals surface area contributed by atoms with E-state index in [-0.39, 0.29) is 24.0 Å². The molecule has 1 saturated heterocycles. The zero-order valence-corrected chi connectivity index (χ0v) is 10.4. The van der Waals surface area contributed by atoms with Crippen LogP contribution in [-0.4, -0.2) is 34.6 Å². The van der Waals surface area contributed by atoms with Crippen molar-refractivity contribution in [1.29, 1.82) is 0 Å². The van der Waals surface area contributed by atoms with Gasteiger partial charge in [-0.2, -0.15) is 9.97 Å². The summed E-state index contributed by atoms with van der Waals surface area (Å²) < 4.78 is 5.46. The summed E-state index contributed by atoms with van der Waals surface area (Å²) in [6, 6.07) is 1.37. The van der Waals surface area contributed by atoms with Crippen molar-refractivity contribution >= 4 is 17.7 Å². The van der Waals surface area contributed by atoms with Crippen molar-refractivity contribution in [2.75, 3.05) is 17.6 Å². The number of anilines is 2. The lowest BCUT2D eigenvalue weighted by Crippen LogP contribution is -2.30. The number of nitrogen functional groups attached to an aromatic ring is 1. The first kappa shape index (κ1) is 12.4. The Morgan fingerprint density at radius 1 is 1.56 bits per heavy atom. The predicted molar refractivity (Wildman–Crippen MR) is 67.2 cm³/mol. The van der Waals surface area contributed by atoms with E-state index in [1.165, 1.54) is 0 Å².